The Labute approximate surface area is 78.1 Å². The van der Waals surface area contributed by atoms with E-state index in [2.05, 4.69) is 16.9 Å². The van der Waals surface area contributed by atoms with E-state index in [0.29, 0.717) is 6.54 Å². The molecular weight excluding hydrogens is 162 g/mol. The van der Waals surface area contributed by atoms with Gasteiger partial charge < -0.3 is 5.41 Å². The molecule has 0 aromatic carbocycles. The summed E-state index contributed by atoms with van der Waals surface area (Å²) in [4.78, 5) is 8.14. The summed E-state index contributed by atoms with van der Waals surface area (Å²) in [6, 6.07) is 4.00. The van der Waals surface area contributed by atoms with Crippen LogP contribution in [0, 0.1) is 5.41 Å². The van der Waals surface area contributed by atoms with E-state index in [-0.39, 0.29) is 0 Å². The molecule has 0 atom stereocenters. The maximum absolute atomic E-state index is 6.79. The SMILES string of the molecule is CCc1ccnc(C=NCC=N)c1. The number of nitrogens with zero attached hydrogens (tertiary/aromatic N) is 2. The molecule has 0 saturated heterocycles. The molecule has 1 aromatic rings. The largest absolute Gasteiger partial charge is 0.311 e. The summed E-state index contributed by atoms with van der Waals surface area (Å²) in [5.41, 5.74) is 2.12. The fourth-order valence-electron chi connectivity index (χ4n) is 0.984. The molecule has 0 spiro atoms. The smallest absolute Gasteiger partial charge is 0.0810 e. The average Bonchev–Trinajstić information content (AvgIpc) is 2.19. The first kappa shape index (κ1) is 9.58. The Bertz CT molecular complexity index is 305. The predicted octanol–water partition coefficient (Wildman–Crippen LogP) is 1.71. The van der Waals surface area contributed by atoms with Crippen LogP contribution in [0.25, 0.3) is 0 Å². The highest BCUT2D eigenvalue weighted by Gasteiger charge is 1.91. The Morgan fingerprint density at radius 2 is 2.46 bits per heavy atom. The summed E-state index contributed by atoms with van der Waals surface area (Å²) >= 11 is 0. The lowest BCUT2D eigenvalue weighted by Crippen LogP contribution is -1.91. The van der Waals surface area contributed by atoms with Gasteiger partial charge in [-0.15, -0.1) is 0 Å². The Hall–Kier alpha value is -1.51. The molecule has 0 aliphatic heterocycles. The molecule has 0 radical (unpaired) electrons. The van der Waals surface area contributed by atoms with Gasteiger partial charge in [0.05, 0.1) is 12.2 Å². The number of nitrogens with one attached hydrogen (secondary N) is 1. The summed E-state index contributed by atoms with van der Waals surface area (Å²) in [6.07, 6.45) is 5.75. The number of aliphatic imine (C=N–C) groups is 1. The molecule has 0 unspecified atom stereocenters. The summed E-state index contributed by atoms with van der Waals surface area (Å²) < 4.78 is 0. The Balaban J connectivity index is 2.71. The molecule has 13 heavy (non-hydrogen) atoms. The van der Waals surface area contributed by atoms with Gasteiger partial charge in [-0.2, -0.15) is 0 Å². The highest BCUT2D eigenvalue weighted by atomic mass is 14.7. The first-order chi connectivity index (χ1) is 6.36. The van der Waals surface area contributed by atoms with Crippen LogP contribution in [-0.4, -0.2) is 24.0 Å². The fourth-order valence-corrected chi connectivity index (χ4v) is 0.984. The van der Waals surface area contributed by atoms with Gasteiger partial charge >= 0.3 is 0 Å². The molecule has 0 bridgehead atoms. The molecule has 1 N–H and O–H groups in total. The molecule has 0 saturated carbocycles. The van der Waals surface area contributed by atoms with Gasteiger partial charge in [0.25, 0.3) is 0 Å². The van der Waals surface area contributed by atoms with Crippen molar-refractivity contribution < 1.29 is 0 Å². The van der Waals surface area contributed by atoms with Crippen LogP contribution < -0.4 is 0 Å². The molecule has 1 aromatic heterocycles. The van der Waals surface area contributed by atoms with Gasteiger partial charge in [-0.1, -0.05) is 6.92 Å². The molecule has 1 rings (SSSR count). The summed E-state index contributed by atoms with van der Waals surface area (Å²) in [5, 5.41) is 6.79. The quantitative estimate of drug-likeness (QED) is 0.696. The molecule has 0 fully saturated rings. The van der Waals surface area contributed by atoms with Gasteiger partial charge in [-0.25, -0.2) is 0 Å². The van der Waals surface area contributed by atoms with Crippen LogP contribution >= 0.6 is 0 Å². The summed E-state index contributed by atoms with van der Waals surface area (Å²) in [6.45, 7) is 2.53. The van der Waals surface area contributed by atoms with E-state index in [1.807, 2.05) is 12.1 Å². The molecule has 3 heteroatoms. The third kappa shape index (κ3) is 3.15. The molecule has 0 amide bonds. The van der Waals surface area contributed by atoms with Crippen LogP contribution in [0.4, 0.5) is 0 Å². The van der Waals surface area contributed by atoms with E-state index in [9.17, 15) is 0 Å². The summed E-state index contributed by atoms with van der Waals surface area (Å²) in [7, 11) is 0. The summed E-state index contributed by atoms with van der Waals surface area (Å²) in [5.74, 6) is 0. The fraction of sp³-hybridized carbons (Fsp3) is 0.300. The van der Waals surface area contributed by atoms with Crippen molar-refractivity contribution in [3.8, 4) is 0 Å². The lowest BCUT2D eigenvalue weighted by molar-refractivity contribution is 1.11. The van der Waals surface area contributed by atoms with Crippen LogP contribution in [0.3, 0.4) is 0 Å². The number of pyridine rings is 1. The standard InChI is InChI=1S/C10H13N3/c1-2-9-3-5-13-10(7-9)8-12-6-4-11/h3-5,7-8,11H,2,6H2,1H3. The molecule has 3 nitrogen and oxygen atoms in total. The van der Waals surface area contributed by atoms with E-state index in [0.717, 1.165) is 12.1 Å². The van der Waals surface area contributed by atoms with Crippen molar-refractivity contribution in [1.29, 1.82) is 5.41 Å². The molecule has 68 valence electrons. The second kappa shape index (κ2) is 5.19. The van der Waals surface area contributed by atoms with Crippen molar-refractivity contribution in [2.24, 2.45) is 4.99 Å². The monoisotopic (exact) mass is 175 g/mol. The number of hydrogen-bond donors (Lipinski definition) is 1. The molecule has 0 aliphatic carbocycles. The van der Waals surface area contributed by atoms with E-state index < -0.39 is 0 Å². The zero-order valence-corrected chi connectivity index (χ0v) is 7.70. The minimum Gasteiger partial charge on any atom is -0.311 e. The van der Waals surface area contributed by atoms with Crippen LogP contribution in [-0.2, 0) is 6.42 Å². The van der Waals surface area contributed by atoms with Crippen molar-refractivity contribution in [2.75, 3.05) is 6.54 Å². The zero-order chi connectivity index (χ0) is 9.52. The van der Waals surface area contributed by atoms with Gasteiger partial charge in [0.1, 0.15) is 0 Å². The van der Waals surface area contributed by atoms with E-state index >= 15 is 0 Å². The number of rotatable bonds is 4. The van der Waals surface area contributed by atoms with E-state index in [1.165, 1.54) is 11.8 Å². The number of aryl methyl sites for hydroxylation is 1. The van der Waals surface area contributed by atoms with Gasteiger partial charge in [-0.05, 0) is 24.1 Å². The molecule has 1 heterocycles. The zero-order valence-electron chi connectivity index (χ0n) is 7.70. The highest BCUT2D eigenvalue weighted by Crippen LogP contribution is 2.00. The first-order valence-electron chi connectivity index (χ1n) is 4.30. The van der Waals surface area contributed by atoms with Crippen molar-refractivity contribution >= 4 is 12.4 Å². The lowest BCUT2D eigenvalue weighted by atomic mass is 10.2. The van der Waals surface area contributed by atoms with Crippen molar-refractivity contribution in [2.45, 2.75) is 13.3 Å². The molecular formula is C10H13N3. The van der Waals surface area contributed by atoms with Crippen molar-refractivity contribution in [1.82, 2.24) is 4.98 Å². The van der Waals surface area contributed by atoms with Gasteiger partial charge in [-0.3, -0.25) is 9.98 Å². The first-order valence-corrected chi connectivity index (χ1v) is 4.30. The Kier molecular flexibility index (Phi) is 3.82. The average molecular weight is 175 g/mol. The predicted molar refractivity (Wildman–Crippen MR) is 54.9 cm³/mol. The van der Waals surface area contributed by atoms with Crippen LogP contribution in [0.1, 0.15) is 18.2 Å². The van der Waals surface area contributed by atoms with Gasteiger partial charge in [0.2, 0.25) is 0 Å². The van der Waals surface area contributed by atoms with Crippen molar-refractivity contribution in [3.05, 3.63) is 29.6 Å². The maximum atomic E-state index is 6.79. The Morgan fingerprint density at radius 1 is 1.62 bits per heavy atom. The van der Waals surface area contributed by atoms with Crippen LogP contribution in [0.2, 0.25) is 0 Å². The normalized spacial score (nSPS) is 10.5. The van der Waals surface area contributed by atoms with Crippen LogP contribution in [0.15, 0.2) is 23.3 Å². The van der Waals surface area contributed by atoms with E-state index in [1.54, 1.807) is 12.4 Å². The van der Waals surface area contributed by atoms with Crippen molar-refractivity contribution in [3.63, 3.8) is 0 Å². The highest BCUT2D eigenvalue weighted by molar-refractivity contribution is 5.78. The molecule has 0 aliphatic rings. The number of aromatic nitrogens is 1. The third-order valence-electron chi connectivity index (χ3n) is 1.67. The van der Waals surface area contributed by atoms with Gasteiger partial charge in [0.15, 0.2) is 0 Å². The Morgan fingerprint density at radius 3 is 3.15 bits per heavy atom. The minimum atomic E-state index is 0.429. The maximum Gasteiger partial charge on any atom is 0.0810 e. The lowest BCUT2D eigenvalue weighted by Gasteiger charge is -1.96. The topological polar surface area (TPSA) is 49.1 Å². The second-order valence-electron chi connectivity index (χ2n) is 2.64. The number of hydrogen-bond acceptors (Lipinski definition) is 3. The minimum absolute atomic E-state index is 0.429. The van der Waals surface area contributed by atoms with Crippen LogP contribution in [0.5, 0.6) is 0 Å². The third-order valence-corrected chi connectivity index (χ3v) is 1.67. The van der Waals surface area contributed by atoms with E-state index in [4.69, 9.17) is 5.41 Å². The second-order valence-corrected chi connectivity index (χ2v) is 2.64. The van der Waals surface area contributed by atoms with Gasteiger partial charge in [0, 0.05) is 18.6 Å².